The van der Waals surface area contributed by atoms with Gasteiger partial charge >= 0.3 is 0 Å². The first-order valence-corrected chi connectivity index (χ1v) is 5.50. The van der Waals surface area contributed by atoms with Gasteiger partial charge in [0.25, 0.3) is 0 Å². The lowest BCUT2D eigenvalue weighted by atomic mass is 10.2. The van der Waals surface area contributed by atoms with Gasteiger partial charge in [-0.05, 0) is 25.1 Å². The van der Waals surface area contributed by atoms with E-state index in [1.165, 1.54) is 0 Å². The van der Waals surface area contributed by atoms with Crippen molar-refractivity contribution in [3.8, 4) is 11.5 Å². The summed E-state index contributed by atoms with van der Waals surface area (Å²) in [6.07, 6.45) is 0. The predicted octanol–water partition coefficient (Wildman–Crippen LogP) is 2.63. The molecule has 0 radical (unpaired) electrons. The van der Waals surface area contributed by atoms with Crippen molar-refractivity contribution in [2.24, 2.45) is 0 Å². The molecule has 0 saturated heterocycles. The van der Waals surface area contributed by atoms with Crippen LogP contribution in [-0.2, 0) is 6.54 Å². The summed E-state index contributed by atoms with van der Waals surface area (Å²) in [5.41, 5.74) is 0.781. The number of hydrogen-bond donors (Lipinski definition) is 2. The normalized spacial score (nSPS) is 10.1. The number of benzene rings is 1. The zero-order chi connectivity index (χ0) is 12.0. The van der Waals surface area contributed by atoms with E-state index < -0.39 is 0 Å². The lowest BCUT2D eigenvalue weighted by Gasteiger charge is -2.09. The second-order valence-corrected chi connectivity index (χ2v) is 3.88. The molecule has 2 N–H and O–H groups in total. The quantitative estimate of drug-likeness (QED) is 0.805. The molecule has 0 heterocycles. The molecule has 0 aromatic heterocycles. The SMILES string of the molecule is C=C(Cl)CNCc1cc(OCC)ccc1O. The Labute approximate surface area is 101 Å². The van der Waals surface area contributed by atoms with Crippen molar-refractivity contribution in [3.05, 3.63) is 35.4 Å². The average Bonchev–Trinajstić information content (AvgIpc) is 2.22. The molecule has 0 fully saturated rings. The Morgan fingerprint density at radius 3 is 2.94 bits per heavy atom. The molecule has 0 aliphatic carbocycles. The molecule has 0 bridgehead atoms. The Hall–Kier alpha value is -1.19. The molecule has 1 rings (SSSR count). The van der Waals surface area contributed by atoms with Gasteiger partial charge < -0.3 is 15.2 Å². The van der Waals surface area contributed by atoms with Gasteiger partial charge in [-0.3, -0.25) is 0 Å². The van der Waals surface area contributed by atoms with E-state index in [4.69, 9.17) is 16.3 Å². The molecule has 0 amide bonds. The maximum absolute atomic E-state index is 9.62. The number of hydrogen-bond acceptors (Lipinski definition) is 3. The van der Waals surface area contributed by atoms with Crippen LogP contribution >= 0.6 is 11.6 Å². The maximum atomic E-state index is 9.62. The second-order valence-electron chi connectivity index (χ2n) is 3.34. The highest BCUT2D eigenvalue weighted by Gasteiger charge is 2.03. The Balaban J connectivity index is 2.62. The van der Waals surface area contributed by atoms with E-state index in [-0.39, 0.29) is 5.75 Å². The van der Waals surface area contributed by atoms with Gasteiger partial charge in [-0.1, -0.05) is 18.2 Å². The van der Waals surface area contributed by atoms with Crippen LogP contribution in [0.25, 0.3) is 0 Å². The molecule has 1 aromatic carbocycles. The van der Waals surface area contributed by atoms with Gasteiger partial charge in [-0.2, -0.15) is 0 Å². The number of ether oxygens (including phenoxy) is 1. The zero-order valence-electron chi connectivity index (χ0n) is 9.29. The van der Waals surface area contributed by atoms with Crippen LogP contribution in [-0.4, -0.2) is 18.3 Å². The summed E-state index contributed by atoms with van der Waals surface area (Å²) < 4.78 is 5.35. The van der Waals surface area contributed by atoms with Crippen molar-refractivity contribution < 1.29 is 9.84 Å². The van der Waals surface area contributed by atoms with Gasteiger partial charge in [0.05, 0.1) is 6.61 Å². The monoisotopic (exact) mass is 241 g/mol. The Bertz CT molecular complexity index is 366. The van der Waals surface area contributed by atoms with Crippen LogP contribution < -0.4 is 10.1 Å². The van der Waals surface area contributed by atoms with E-state index in [2.05, 4.69) is 11.9 Å². The summed E-state index contributed by atoms with van der Waals surface area (Å²) in [7, 11) is 0. The molecule has 3 nitrogen and oxygen atoms in total. The molecule has 88 valence electrons. The summed E-state index contributed by atoms with van der Waals surface area (Å²) in [5.74, 6) is 0.998. The van der Waals surface area contributed by atoms with E-state index >= 15 is 0 Å². The Kier molecular flexibility index (Phi) is 5.15. The van der Waals surface area contributed by atoms with E-state index in [0.717, 1.165) is 11.3 Å². The summed E-state index contributed by atoms with van der Waals surface area (Å²) in [4.78, 5) is 0. The van der Waals surface area contributed by atoms with E-state index in [1.807, 2.05) is 13.0 Å². The van der Waals surface area contributed by atoms with Gasteiger partial charge in [0.1, 0.15) is 11.5 Å². The van der Waals surface area contributed by atoms with E-state index in [1.54, 1.807) is 12.1 Å². The number of phenols is 1. The smallest absolute Gasteiger partial charge is 0.120 e. The van der Waals surface area contributed by atoms with Crippen molar-refractivity contribution in [2.75, 3.05) is 13.2 Å². The van der Waals surface area contributed by atoms with E-state index in [9.17, 15) is 5.11 Å². The maximum Gasteiger partial charge on any atom is 0.120 e. The summed E-state index contributed by atoms with van der Waals surface area (Å²) in [6, 6.07) is 5.17. The summed E-state index contributed by atoms with van der Waals surface area (Å²) in [5, 5.41) is 13.2. The van der Waals surface area contributed by atoms with Gasteiger partial charge in [0.15, 0.2) is 0 Å². The van der Waals surface area contributed by atoms with Crippen molar-refractivity contribution in [1.82, 2.24) is 5.32 Å². The van der Waals surface area contributed by atoms with Crippen LogP contribution in [0.2, 0.25) is 0 Å². The average molecular weight is 242 g/mol. The molecular weight excluding hydrogens is 226 g/mol. The molecule has 0 aliphatic rings. The van der Waals surface area contributed by atoms with Crippen molar-refractivity contribution >= 4 is 11.6 Å². The van der Waals surface area contributed by atoms with Crippen LogP contribution in [0.15, 0.2) is 29.8 Å². The van der Waals surface area contributed by atoms with Crippen LogP contribution in [0.4, 0.5) is 0 Å². The third-order valence-corrected chi connectivity index (χ3v) is 2.13. The number of phenolic OH excluding ortho intramolecular Hbond substituents is 1. The second kappa shape index (κ2) is 6.40. The van der Waals surface area contributed by atoms with Crippen LogP contribution in [0, 0.1) is 0 Å². The first-order chi connectivity index (χ1) is 7.63. The fraction of sp³-hybridized carbons (Fsp3) is 0.333. The highest BCUT2D eigenvalue weighted by Crippen LogP contribution is 2.22. The molecule has 4 heteroatoms. The predicted molar refractivity (Wildman–Crippen MR) is 66.0 cm³/mol. The molecule has 0 aliphatic heterocycles. The van der Waals surface area contributed by atoms with Crippen molar-refractivity contribution in [2.45, 2.75) is 13.5 Å². The van der Waals surface area contributed by atoms with Crippen LogP contribution in [0.3, 0.4) is 0 Å². The fourth-order valence-corrected chi connectivity index (χ4v) is 1.39. The Morgan fingerprint density at radius 2 is 2.31 bits per heavy atom. The minimum absolute atomic E-state index is 0.246. The third kappa shape index (κ3) is 4.13. The fourth-order valence-electron chi connectivity index (χ4n) is 1.29. The van der Waals surface area contributed by atoms with Crippen molar-refractivity contribution in [3.63, 3.8) is 0 Å². The summed E-state index contributed by atoms with van der Waals surface area (Å²) in [6.45, 7) is 7.14. The number of rotatable bonds is 6. The molecule has 1 aromatic rings. The molecule has 0 unspecified atom stereocenters. The Morgan fingerprint density at radius 1 is 1.56 bits per heavy atom. The topological polar surface area (TPSA) is 41.5 Å². The number of halogens is 1. The number of aromatic hydroxyl groups is 1. The largest absolute Gasteiger partial charge is 0.508 e. The standard InChI is InChI=1S/C12H16ClNO2/c1-3-16-11-4-5-12(15)10(6-11)8-14-7-9(2)13/h4-6,14-15H,2-3,7-8H2,1H3. The number of nitrogens with one attached hydrogen (secondary N) is 1. The third-order valence-electron chi connectivity index (χ3n) is 1.99. The van der Waals surface area contributed by atoms with Gasteiger partial charge in [-0.15, -0.1) is 0 Å². The zero-order valence-corrected chi connectivity index (χ0v) is 10.0. The molecule has 0 spiro atoms. The molecular formula is C12H16ClNO2. The van der Waals surface area contributed by atoms with Gasteiger partial charge in [-0.25, -0.2) is 0 Å². The van der Waals surface area contributed by atoms with E-state index in [0.29, 0.717) is 24.7 Å². The van der Waals surface area contributed by atoms with Crippen LogP contribution in [0.5, 0.6) is 11.5 Å². The van der Waals surface area contributed by atoms with Gasteiger partial charge in [0.2, 0.25) is 0 Å². The summed E-state index contributed by atoms with van der Waals surface area (Å²) >= 11 is 5.62. The first kappa shape index (κ1) is 12.9. The minimum Gasteiger partial charge on any atom is -0.508 e. The molecule has 0 atom stereocenters. The van der Waals surface area contributed by atoms with Crippen molar-refractivity contribution in [1.29, 1.82) is 0 Å². The first-order valence-electron chi connectivity index (χ1n) is 5.12. The minimum atomic E-state index is 0.246. The van der Waals surface area contributed by atoms with Gasteiger partial charge in [0, 0.05) is 23.7 Å². The highest BCUT2D eigenvalue weighted by atomic mass is 35.5. The lowest BCUT2D eigenvalue weighted by Crippen LogP contribution is -2.14. The lowest BCUT2D eigenvalue weighted by molar-refractivity contribution is 0.338. The molecule has 16 heavy (non-hydrogen) atoms. The molecule has 0 saturated carbocycles. The highest BCUT2D eigenvalue weighted by molar-refractivity contribution is 6.29. The van der Waals surface area contributed by atoms with Crippen LogP contribution in [0.1, 0.15) is 12.5 Å².